The molecule has 3 rings (SSSR count). The zero-order valence-corrected chi connectivity index (χ0v) is 8.73. The monoisotopic (exact) mass is 194 g/mol. The van der Waals surface area contributed by atoms with Crippen LogP contribution in [0.4, 0.5) is 0 Å². The molecule has 0 bridgehead atoms. The van der Waals surface area contributed by atoms with Gasteiger partial charge in [-0.15, -0.1) is 0 Å². The molecule has 2 aliphatic carbocycles. The van der Waals surface area contributed by atoms with Gasteiger partial charge < -0.3 is 10.6 Å². The third-order valence-electron chi connectivity index (χ3n) is 4.41. The Hall–Kier alpha value is -0.570. The zero-order valence-electron chi connectivity index (χ0n) is 8.73. The molecule has 3 nitrogen and oxygen atoms in total. The average molecular weight is 194 g/mol. The number of hydrogen-bond acceptors (Lipinski definition) is 2. The first kappa shape index (κ1) is 8.72. The van der Waals surface area contributed by atoms with Crippen LogP contribution in [0.2, 0.25) is 0 Å². The van der Waals surface area contributed by atoms with Crippen molar-refractivity contribution in [3.05, 3.63) is 0 Å². The summed E-state index contributed by atoms with van der Waals surface area (Å²) in [6, 6.07) is 0.106. The van der Waals surface area contributed by atoms with Gasteiger partial charge in [0, 0.05) is 5.54 Å². The fraction of sp³-hybridized carbons (Fsp3) is 0.909. The summed E-state index contributed by atoms with van der Waals surface area (Å²) in [7, 11) is 0. The number of carbonyl (C=O) groups excluding carboxylic acids is 1. The van der Waals surface area contributed by atoms with Crippen molar-refractivity contribution < 1.29 is 4.79 Å². The van der Waals surface area contributed by atoms with Crippen molar-refractivity contribution in [2.75, 3.05) is 6.54 Å². The van der Waals surface area contributed by atoms with Crippen LogP contribution in [0.1, 0.15) is 39.0 Å². The van der Waals surface area contributed by atoms with E-state index in [0.29, 0.717) is 5.41 Å². The molecule has 3 fully saturated rings. The van der Waals surface area contributed by atoms with Crippen LogP contribution < -0.4 is 10.6 Å². The first-order chi connectivity index (χ1) is 6.65. The molecule has 0 aromatic carbocycles. The van der Waals surface area contributed by atoms with Crippen molar-refractivity contribution in [3.63, 3.8) is 0 Å². The predicted octanol–water partition coefficient (Wildman–Crippen LogP) is 0.797. The number of nitrogens with one attached hydrogen (secondary N) is 2. The summed E-state index contributed by atoms with van der Waals surface area (Å²) in [5.74, 6) is 0.238. The van der Waals surface area contributed by atoms with Crippen molar-refractivity contribution >= 4 is 5.91 Å². The smallest absolute Gasteiger partial charge is 0.237 e. The van der Waals surface area contributed by atoms with E-state index in [-0.39, 0.29) is 17.5 Å². The van der Waals surface area contributed by atoms with Crippen LogP contribution in [0.3, 0.4) is 0 Å². The second-order valence-corrected chi connectivity index (χ2v) is 5.43. The molecule has 1 heterocycles. The largest absolute Gasteiger partial charge is 0.349 e. The first-order valence-electron chi connectivity index (χ1n) is 5.71. The van der Waals surface area contributed by atoms with Crippen LogP contribution in [0.5, 0.6) is 0 Å². The highest BCUT2D eigenvalue weighted by Crippen LogP contribution is 2.63. The molecule has 2 saturated carbocycles. The third-order valence-corrected chi connectivity index (χ3v) is 4.41. The molecule has 3 heteroatoms. The molecule has 1 unspecified atom stereocenters. The van der Waals surface area contributed by atoms with E-state index in [9.17, 15) is 4.79 Å². The summed E-state index contributed by atoms with van der Waals surface area (Å²) in [6.07, 6.45) is 6.00. The van der Waals surface area contributed by atoms with Crippen LogP contribution in [-0.4, -0.2) is 24.0 Å². The molecule has 14 heavy (non-hydrogen) atoms. The normalized spacial score (nSPS) is 35.6. The molecule has 1 atom stereocenters. The molecule has 2 N–H and O–H groups in total. The SMILES string of the molecule is CC1(C2(NC(=O)C3CCN3)CC2)CC1. The maximum Gasteiger partial charge on any atom is 0.237 e. The standard InChI is InChI=1S/C11H18N2O/c1-10(3-4-10)11(5-6-11)13-9(14)8-2-7-12-8/h8,12H,2-7H2,1H3,(H,13,14). The molecule has 0 aromatic rings. The van der Waals surface area contributed by atoms with E-state index >= 15 is 0 Å². The van der Waals surface area contributed by atoms with E-state index in [2.05, 4.69) is 17.6 Å². The van der Waals surface area contributed by atoms with Crippen LogP contribution in [0, 0.1) is 5.41 Å². The minimum Gasteiger partial charge on any atom is -0.349 e. The Kier molecular flexibility index (Phi) is 1.56. The Morgan fingerprint density at radius 2 is 2.00 bits per heavy atom. The summed E-state index contributed by atoms with van der Waals surface area (Å²) in [5.41, 5.74) is 0.633. The van der Waals surface area contributed by atoms with Gasteiger partial charge in [0.05, 0.1) is 6.04 Å². The van der Waals surface area contributed by atoms with Crippen molar-refractivity contribution in [1.82, 2.24) is 10.6 Å². The molecule has 78 valence electrons. The van der Waals surface area contributed by atoms with E-state index in [0.717, 1.165) is 13.0 Å². The van der Waals surface area contributed by atoms with Crippen LogP contribution in [-0.2, 0) is 4.79 Å². The Labute approximate surface area is 84.6 Å². The van der Waals surface area contributed by atoms with Gasteiger partial charge in [0.15, 0.2) is 0 Å². The van der Waals surface area contributed by atoms with Crippen molar-refractivity contribution in [1.29, 1.82) is 0 Å². The Morgan fingerprint density at radius 1 is 1.36 bits per heavy atom. The van der Waals surface area contributed by atoms with Gasteiger partial charge in [-0.2, -0.15) is 0 Å². The van der Waals surface area contributed by atoms with Gasteiger partial charge in [0.1, 0.15) is 0 Å². The topological polar surface area (TPSA) is 41.1 Å². The highest BCUT2D eigenvalue weighted by Gasteiger charge is 2.63. The highest BCUT2D eigenvalue weighted by molar-refractivity contribution is 5.84. The molecule has 0 spiro atoms. The summed E-state index contributed by atoms with van der Waals surface area (Å²) in [4.78, 5) is 11.8. The minimum absolute atomic E-state index is 0.106. The van der Waals surface area contributed by atoms with Gasteiger partial charge in [-0.05, 0) is 44.1 Å². The molecule has 3 aliphatic rings. The molecule has 1 saturated heterocycles. The summed E-state index contributed by atoms with van der Waals surface area (Å²) < 4.78 is 0. The zero-order chi connectivity index (χ0) is 9.81. The van der Waals surface area contributed by atoms with Gasteiger partial charge in [-0.3, -0.25) is 4.79 Å². The van der Waals surface area contributed by atoms with E-state index < -0.39 is 0 Å². The second kappa shape index (κ2) is 2.51. The molecule has 0 aromatic heterocycles. The van der Waals surface area contributed by atoms with Gasteiger partial charge in [0.25, 0.3) is 0 Å². The van der Waals surface area contributed by atoms with Crippen LogP contribution in [0.15, 0.2) is 0 Å². The van der Waals surface area contributed by atoms with E-state index in [1.165, 1.54) is 25.7 Å². The summed E-state index contributed by atoms with van der Waals surface area (Å²) in [5, 5.41) is 6.43. The van der Waals surface area contributed by atoms with E-state index in [1.807, 2.05) is 0 Å². The van der Waals surface area contributed by atoms with E-state index in [1.54, 1.807) is 0 Å². The lowest BCUT2D eigenvalue weighted by Crippen LogP contribution is -2.57. The Morgan fingerprint density at radius 3 is 2.36 bits per heavy atom. The van der Waals surface area contributed by atoms with Gasteiger partial charge in [0.2, 0.25) is 5.91 Å². The number of amides is 1. The van der Waals surface area contributed by atoms with Crippen molar-refractivity contribution in [2.24, 2.45) is 5.41 Å². The number of rotatable bonds is 3. The maximum atomic E-state index is 11.8. The summed E-state index contributed by atoms with van der Waals surface area (Å²) >= 11 is 0. The third kappa shape index (κ3) is 1.11. The molecule has 0 radical (unpaired) electrons. The van der Waals surface area contributed by atoms with Gasteiger partial charge >= 0.3 is 0 Å². The Bertz CT molecular complexity index is 275. The highest BCUT2D eigenvalue weighted by atomic mass is 16.2. The average Bonchev–Trinajstić information content (AvgIpc) is 2.85. The molecule has 1 aliphatic heterocycles. The second-order valence-electron chi connectivity index (χ2n) is 5.43. The Balaban J connectivity index is 1.63. The molecular formula is C11H18N2O. The van der Waals surface area contributed by atoms with Crippen molar-refractivity contribution in [3.8, 4) is 0 Å². The van der Waals surface area contributed by atoms with Crippen LogP contribution >= 0.6 is 0 Å². The predicted molar refractivity (Wildman–Crippen MR) is 53.9 cm³/mol. The number of carbonyl (C=O) groups is 1. The fourth-order valence-electron chi connectivity index (χ4n) is 2.51. The molecular weight excluding hydrogens is 176 g/mol. The quantitative estimate of drug-likeness (QED) is 0.697. The lowest BCUT2D eigenvalue weighted by Gasteiger charge is -2.31. The molecule has 1 amide bonds. The lowest BCUT2D eigenvalue weighted by atomic mass is 9.95. The van der Waals surface area contributed by atoms with Crippen LogP contribution in [0.25, 0.3) is 0 Å². The number of hydrogen-bond donors (Lipinski definition) is 2. The van der Waals surface area contributed by atoms with Gasteiger partial charge in [-0.1, -0.05) is 6.92 Å². The first-order valence-corrected chi connectivity index (χ1v) is 5.71. The summed E-state index contributed by atoms with van der Waals surface area (Å²) in [6.45, 7) is 3.32. The lowest BCUT2D eigenvalue weighted by molar-refractivity contribution is -0.126. The van der Waals surface area contributed by atoms with Gasteiger partial charge in [-0.25, -0.2) is 0 Å². The van der Waals surface area contributed by atoms with E-state index in [4.69, 9.17) is 0 Å². The fourth-order valence-corrected chi connectivity index (χ4v) is 2.51. The maximum absolute atomic E-state index is 11.8. The minimum atomic E-state index is 0.106. The van der Waals surface area contributed by atoms with Crippen molar-refractivity contribution in [2.45, 2.75) is 50.6 Å².